The summed E-state index contributed by atoms with van der Waals surface area (Å²) >= 11 is 3.24. The second kappa shape index (κ2) is 9.97. The molecule has 1 fully saturated rings. The van der Waals surface area contributed by atoms with Crippen molar-refractivity contribution >= 4 is 27.8 Å². The first-order valence-electron chi connectivity index (χ1n) is 11.1. The number of benzene rings is 2. The number of H-pyrrole nitrogens is 1. The fourth-order valence-electron chi connectivity index (χ4n) is 4.11. The fourth-order valence-corrected chi connectivity index (χ4v) is 4.47. The lowest BCUT2D eigenvalue weighted by atomic mass is 9.98. The van der Waals surface area contributed by atoms with Crippen LogP contribution in [0, 0.1) is 19.8 Å². The molecule has 1 atom stereocenters. The summed E-state index contributed by atoms with van der Waals surface area (Å²) in [5, 5.41) is 23.0. The van der Waals surface area contributed by atoms with Crippen LogP contribution in [-0.4, -0.2) is 54.8 Å². The number of carbonyl (C=O) groups excluding carboxylic acids is 1. The molecule has 2 heterocycles. The van der Waals surface area contributed by atoms with Gasteiger partial charge in [-0.1, -0.05) is 0 Å². The highest BCUT2D eigenvalue weighted by Crippen LogP contribution is 2.34. The van der Waals surface area contributed by atoms with Crippen molar-refractivity contribution < 1.29 is 24.5 Å². The first-order valence-corrected chi connectivity index (χ1v) is 11.9. The van der Waals surface area contributed by atoms with Gasteiger partial charge in [-0.2, -0.15) is 9.78 Å². The number of carboxylic acid groups (broad SMARTS) is 1. The zero-order valence-corrected chi connectivity index (χ0v) is 21.0. The second-order valence-corrected chi connectivity index (χ2v) is 9.43. The van der Waals surface area contributed by atoms with Crippen LogP contribution in [0.4, 0.5) is 0 Å². The minimum absolute atomic E-state index is 0.0357. The van der Waals surface area contributed by atoms with Crippen molar-refractivity contribution in [1.29, 1.82) is 0 Å². The number of amides is 1. The third kappa shape index (κ3) is 5.03. The van der Waals surface area contributed by atoms with Crippen LogP contribution in [-0.2, 0) is 4.79 Å². The van der Waals surface area contributed by atoms with Gasteiger partial charge >= 0.3 is 11.7 Å². The molecule has 188 valence electrons. The van der Waals surface area contributed by atoms with Crippen molar-refractivity contribution in [2.24, 2.45) is 5.92 Å². The number of ether oxygens (including phenoxy) is 1. The van der Waals surface area contributed by atoms with E-state index in [1.807, 2.05) is 0 Å². The minimum Gasteiger partial charge on any atom is -0.507 e. The number of nitrogens with zero attached hydrogens (tertiary/aromatic N) is 3. The Morgan fingerprint density at radius 1 is 1.17 bits per heavy atom. The van der Waals surface area contributed by atoms with Crippen molar-refractivity contribution in [3.63, 3.8) is 0 Å². The van der Waals surface area contributed by atoms with Crippen LogP contribution in [0.1, 0.15) is 34.5 Å². The van der Waals surface area contributed by atoms with Crippen molar-refractivity contribution in [1.82, 2.24) is 19.7 Å². The number of halogens is 1. The van der Waals surface area contributed by atoms with Gasteiger partial charge in [0.2, 0.25) is 5.69 Å². The molecule has 0 bridgehead atoms. The number of hydrogen-bond acceptors (Lipinski definition) is 7. The zero-order valence-electron chi connectivity index (χ0n) is 19.4. The normalized spacial score (nSPS) is 15.5. The van der Waals surface area contributed by atoms with E-state index in [1.54, 1.807) is 38.1 Å². The van der Waals surface area contributed by atoms with Crippen LogP contribution in [0.5, 0.6) is 17.2 Å². The van der Waals surface area contributed by atoms with E-state index < -0.39 is 34.7 Å². The Balaban J connectivity index is 1.68. The maximum absolute atomic E-state index is 13.0. The van der Waals surface area contributed by atoms with E-state index >= 15 is 0 Å². The highest BCUT2D eigenvalue weighted by molar-refractivity contribution is 9.10. The van der Waals surface area contributed by atoms with Gasteiger partial charge in [-0.15, -0.1) is 0 Å². The molecule has 3 aromatic rings. The molecule has 2 aromatic carbocycles. The number of nitrogens with one attached hydrogen (secondary N) is 1. The maximum atomic E-state index is 13.0. The highest BCUT2D eigenvalue weighted by atomic mass is 79.9. The second-order valence-electron chi connectivity index (χ2n) is 8.57. The van der Waals surface area contributed by atoms with Crippen molar-refractivity contribution in [2.75, 3.05) is 13.1 Å². The topological polar surface area (TPSA) is 155 Å². The van der Waals surface area contributed by atoms with E-state index in [9.17, 15) is 29.4 Å². The number of rotatable bonds is 5. The van der Waals surface area contributed by atoms with Gasteiger partial charge in [0.1, 0.15) is 17.2 Å². The van der Waals surface area contributed by atoms with Crippen LogP contribution in [0.2, 0.25) is 0 Å². The molecule has 0 aliphatic carbocycles. The van der Waals surface area contributed by atoms with Gasteiger partial charge in [-0.25, -0.2) is 4.79 Å². The van der Waals surface area contributed by atoms with E-state index in [-0.39, 0.29) is 12.3 Å². The van der Waals surface area contributed by atoms with Crippen LogP contribution >= 0.6 is 15.9 Å². The molecule has 12 heteroatoms. The lowest BCUT2D eigenvalue weighted by molar-refractivity contribution is -0.143. The summed E-state index contributed by atoms with van der Waals surface area (Å²) in [7, 11) is 0. The number of piperidine rings is 1. The SMILES string of the molecule is Cc1cc(-n2nc(C(=O)N3CCCC(C(=O)O)C3)c(=O)[nH]c2=O)cc(C)c1Oc1ccc(O)c(Br)c1. The number of aliphatic carboxylic acids is 1. The van der Waals surface area contributed by atoms with E-state index in [0.717, 1.165) is 4.68 Å². The lowest BCUT2D eigenvalue weighted by Crippen LogP contribution is -2.46. The molecule has 0 saturated carbocycles. The van der Waals surface area contributed by atoms with Crippen LogP contribution in [0.15, 0.2) is 44.4 Å². The average Bonchev–Trinajstić information content (AvgIpc) is 2.83. The molecule has 3 N–H and O–H groups in total. The molecule has 36 heavy (non-hydrogen) atoms. The van der Waals surface area contributed by atoms with E-state index in [0.29, 0.717) is 52.2 Å². The molecule has 1 saturated heterocycles. The van der Waals surface area contributed by atoms with Crippen molar-refractivity contribution in [2.45, 2.75) is 26.7 Å². The molecule has 1 aliphatic heterocycles. The molecule has 1 aromatic heterocycles. The molecule has 1 unspecified atom stereocenters. The maximum Gasteiger partial charge on any atom is 0.349 e. The Morgan fingerprint density at radius 2 is 1.86 bits per heavy atom. The van der Waals surface area contributed by atoms with Crippen molar-refractivity contribution in [3.05, 3.63) is 72.5 Å². The molecule has 1 amide bonds. The van der Waals surface area contributed by atoms with Gasteiger partial charge in [0.15, 0.2) is 0 Å². The number of hydrogen-bond donors (Lipinski definition) is 3. The Kier molecular flexibility index (Phi) is 6.97. The van der Waals surface area contributed by atoms with E-state index in [2.05, 4.69) is 26.0 Å². The molecule has 4 rings (SSSR count). The Bertz CT molecular complexity index is 1460. The van der Waals surface area contributed by atoms with Crippen LogP contribution in [0.25, 0.3) is 5.69 Å². The van der Waals surface area contributed by atoms with Crippen molar-refractivity contribution in [3.8, 4) is 22.9 Å². The van der Waals surface area contributed by atoms with Gasteiger partial charge in [0.25, 0.3) is 11.5 Å². The summed E-state index contributed by atoms with van der Waals surface area (Å²) in [5.41, 5.74) is -0.644. The number of carbonyl (C=O) groups is 2. The summed E-state index contributed by atoms with van der Waals surface area (Å²) in [6, 6.07) is 7.96. The summed E-state index contributed by atoms with van der Waals surface area (Å²) in [5.74, 6) is -1.39. The van der Waals surface area contributed by atoms with Crippen LogP contribution in [0.3, 0.4) is 0 Å². The third-order valence-corrected chi connectivity index (χ3v) is 6.55. The Labute approximate surface area is 213 Å². The number of carboxylic acids is 1. The third-order valence-electron chi connectivity index (χ3n) is 5.92. The monoisotopic (exact) mass is 558 g/mol. The van der Waals surface area contributed by atoms with Gasteiger partial charge < -0.3 is 19.8 Å². The number of aromatic hydroxyl groups is 1. The Morgan fingerprint density at radius 3 is 2.50 bits per heavy atom. The fraction of sp³-hybridized carbons (Fsp3) is 0.292. The largest absolute Gasteiger partial charge is 0.507 e. The first-order chi connectivity index (χ1) is 17.0. The van der Waals surface area contributed by atoms with Gasteiger partial charge in [0.05, 0.1) is 16.1 Å². The van der Waals surface area contributed by atoms with E-state index in [1.165, 1.54) is 11.0 Å². The molecule has 11 nitrogen and oxygen atoms in total. The van der Waals surface area contributed by atoms with E-state index in [4.69, 9.17) is 4.74 Å². The van der Waals surface area contributed by atoms with Gasteiger partial charge in [-0.3, -0.25) is 19.4 Å². The lowest BCUT2D eigenvalue weighted by Gasteiger charge is -2.30. The number of likely N-dealkylation sites (tertiary alicyclic amines) is 1. The molecule has 0 radical (unpaired) electrons. The summed E-state index contributed by atoms with van der Waals surface area (Å²) in [6.07, 6.45) is 0.925. The molecule has 0 spiro atoms. The summed E-state index contributed by atoms with van der Waals surface area (Å²) < 4.78 is 7.36. The first kappa shape index (κ1) is 25.2. The van der Waals surface area contributed by atoms with Gasteiger partial charge in [0, 0.05) is 13.1 Å². The van der Waals surface area contributed by atoms with Crippen LogP contribution < -0.4 is 16.0 Å². The van der Waals surface area contributed by atoms with Gasteiger partial charge in [-0.05, 0) is 84.1 Å². The Hall–Kier alpha value is -3.93. The number of aromatic amines is 1. The predicted octanol–water partition coefficient (Wildman–Crippen LogP) is 2.73. The molecular weight excluding hydrogens is 536 g/mol. The number of aryl methyl sites for hydroxylation is 2. The highest BCUT2D eigenvalue weighted by Gasteiger charge is 2.31. The minimum atomic E-state index is -1.01. The number of aromatic nitrogens is 3. The molecule has 1 aliphatic rings. The zero-order chi connectivity index (χ0) is 26.1. The predicted molar refractivity (Wildman–Crippen MR) is 132 cm³/mol. The smallest absolute Gasteiger partial charge is 0.349 e. The number of phenols is 1. The summed E-state index contributed by atoms with van der Waals surface area (Å²) in [4.78, 5) is 52.8. The summed E-state index contributed by atoms with van der Waals surface area (Å²) in [6.45, 7) is 3.79. The standard InChI is InChI=1S/C24H23BrN4O7/c1-12-8-15(9-13(2)20(12)36-16-5-6-18(30)17(25)10-16)29-24(35)26-21(31)19(27-29)22(32)28-7-3-4-14(11-28)23(33)34/h5-6,8-10,14,30H,3-4,7,11H2,1-2H3,(H,33,34)(H,26,31,35). The quantitative estimate of drug-likeness (QED) is 0.431. The average molecular weight is 559 g/mol. The number of phenolic OH excluding ortho intramolecular Hbond substituents is 1. The molecular formula is C24H23BrN4O7.